The van der Waals surface area contributed by atoms with Crippen molar-refractivity contribution in [3.63, 3.8) is 0 Å². The SMILES string of the molecule is CCC(Nc1cncc(Cl)n1)c1noc(C)n1. The summed E-state index contributed by atoms with van der Waals surface area (Å²) in [6, 6.07) is -0.0692. The Hall–Kier alpha value is -1.69. The molecule has 0 bridgehead atoms. The lowest BCUT2D eigenvalue weighted by Crippen LogP contribution is -2.12. The fourth-order valence-corrected chi connectivity index (χ4v) is 1.54. The van der Waals surface area contributed by atoms with Gasteiger partial charge in [-0.05, 0) is 6.42 Å². The summed E-state index contributed by atoms with van der Waals surface area (Å²) in [5, 5.41) is 7.37. The fourth-order valence-electron chi connectivity index (χ4n) is 1.40. The summed E-state index contributed by atoms with van der Waals surface area (Å²) in [6.45, 7) is 3.77. The van der Waals surface area contributed by atoms with Gasteiger partial charge in [-0.15, -0.1) is 0 Å². The van der Waals surface area contributed by atoms with Gasteiger partial charge in [0.05, 0.1) is 18.4 Å². The van der Waals surface area contributed by atoms with Gasteiger partial charge in [-0.2, -0.15) is 4.98 Å². The predicted molar refractivity (Wildman–Crippen MR) is 62.7 cm³/mol. The molecule has 1 atom stereocenters. The molecule has 2 heterocycles. The summed E-state index contributed by atoms with van der Waals surface area (Å²) in [6.07, 6.45) is 3.88. The summed E-state index contributed by atoms with van der Waals surface area (Å²) in [7, 11) is 0. The molecule has 0 saturated heterocycles. The van der Waals surface area contributed by atoms with Crippen molar-refractivity contribution in [2.75, 3.05) is 5.32 Å². The van der Waals surface area contributed by atoms with E-state index in [4.69, 9.17) is 16.1 Å². The average Bonchev–Trinajstić information content (AvgIpc) is 2.73. The average molecular weight is 254 g/mol. The monoisotopic (exact) mass is 253 g/mol. The van der Waals surface area contributed by atoms with Crippen molar-refractivity contribution in [2.45, 2.75) is 26.3 Å². The minimum Gasteiger partial charge on any atom is -0.359 e. The first kappa shape index (κ1) is 11.8. The maximum absolute atomic E-state index is 5.76. The van der Waals surface area contributed by atoms with Gasteiger partial charge in [-0.25, -0.2) is 4.98 Å². The number of hydrogen-bond donors (Lipinski definition) is 1. The quantitative estimate of drug-likeness (QED) is 0.902. The summed E-state index contributed by atoms with van der Waals surface area (Å²) in [5.41, 5.74) is 0. The van der Waals surface area contributed by atoms with Crippen molar-refractivity contribution in [2.24, 2.45) is 0 Å². The topological polar surface area (TPSA) is 76.7 Å². The summed E-state index contributed by atoms with van der Waals surface area (Å²) < 4.78 is 4.95. The molecule has 0 amide bonds. The number of anilines is 1. The van der Waals surface area contributed by atoms with Gasteiger partial charge in [0.2, 0.25) is 5.89 Å². The smallest absolute Gasteiger partial charge is 0.223 e. The third-order valence-corrected chi connectivity index (χ3v) is 2.37. The highest BCUT2D eigenvalue weighted by Gasteiger charge is 2.15. The van der Waals surface area contributed by atoms with Crippen LogP contribution in [0.1, 0.15) is 31.1 Å². The van der Waals surface area contributed by atoms with Crippen molar-refractivity contribution in [3.05, 3.63) is 29.3 Å². The first-order valence-electron chi connectivity index (χ1n) is 5.23. The Morgan fingerprint density at radius 2 is 2.24 bits per heavy atom. The van der Waals surface area contributed by atoms with E-state index in [2.05, 4.69) is 25.4 Å². The number of aryl methyl sites for hydroxylation is 1. The molecule has 2 aromatic heterocycles. The molecule has 0 spiro atoms. The summed E-state index contributed by atoms with van der Waals surface area (Å²) >= 11 is 5.76. The van der Waals surface area contributed by atoms with Gasteiger partial charge >= 0.3 is 0 Å². The molecule has 7 heteroatoms. The van der Waals surface area contributed by atoms with E-state index in [9.17, 15) is 0 Å². The van der Waals surface area contributed by atoms with E-state index >= 15 is 0 Å². The highest BCUT2D eigenvalue weighted by Crippen LogP contribution is 2.19. The minimum atomic E-state index is -0.0692. The number of nitrogens with zero attached hydrogens (tertiary/aromatic N) is 4. The van der Waals surface area contributed by atoms with E-state index in [0.717, 1.165) is 6.42 Å². The van der Waals surface area contributed by atoms with Crippen LogP contribution in [0.4, 0.5) is 5.82 Å². The van der Waals surface area contributed by atoms with Crippen molar-refractivity contribution < 1.29 is 4.52 Å². The Morgan fingerprint density at radius 3 is 2.82 bits per heavy atom. The first-order valence-corrected chi connectivity index (χ1v) is 5.61. The van der Waals surface area contributed by atoms with Crippen molar-refractivity contribution in [1.82, 2.24) is 20.1 Å². The molecule has 90 valence electrons. The van der Waals surface area contributed by atoms with E-state index in [-0.39, 0.29) is 6.04 Å². The van der Waals surface area contributed by atoms with Crippen molar-refractivity contribution in [3.8, 4) is 0 Å². The Bertz CT molecular complexity index is 501. The minimum absolute atomic E-state index is 0.0692. The highest BCUT2D eigenvalue weighted by atomic mass is 35.5. The largest absolute Gasteiger partial charge is 0.359 e. The van der Waals surface area contributed by atoms with E-state index in [1.54, 1.807) is 13.1 Å². The third kappa shape index (κ3) is 2.91. The lowest BCUT2D eigenvalue weighted by Gasteiger charge is -2.13. The van der Waals surface area contributed by atoms with Crippen LogP contribution in [0.5, 0.6) is 0 Å². The lowest BCUT2D eigenvalue weighted by atomic mass is 10.2. The number of halogens is 1. The fraction of sp³-hybridized carbons (Fsp3) is 0.400. The summed E-state index contributed by atoms with van der Waals surface area (Å²) in [4.78, 5) is 12.2. The normalized spacial score (nSPS) is 12.4. The molecule has 2 aromatic rings. The number of rotatable bonds is 4. The second kappa shape index (κ2) is 5.09. The van der Waals surface area contributed by atoms with Crippen molar-refractivity contribution in [1.29, 1.82) is 0 Å². The van der Waals surface area contributed by atoms with E-state index in [1.165, 1.54) is 6.20 Å². The Labute approximate surface area is 103 Å². The number of aromatic nitrogens is 4. The zero-order chi connectivity index (χ0) is 12.3. The molecule has 0 radical (unpaired) electrons. The lowest BCUT2D eigenvalue weighted by molar-refractivity contribution is 0.384. The molecule has 0 fully saturated rings. The van der Waals surface area contributed by atoms with Gasteiger partial charge in [-0.3, -0.25) is 4.98 Å². The van der Waals surface area contributed by atoms with Crippen LogP contribution in [0.3, 0.4) is 0 Å². The van der Waals surface area contributed by atoms with Crippen LogP contribution in [0.2, 0.25) is 5.15 Å². The Balaban J connectivity index is 2.15. The van der Waals surface area contributed by atoms with Crippen LogP contribution < -0.4 is 5.32 Å². The molecule has 6 nitrogen and oxygen atoms in total. The molecule has 0 aliphatic rings. The maximum Gasteiger partial charge on any atom is 0.223 e. The maximum atomic E-state index is 5.76. The zero-order valence-electron chi connectivity index (χ0n) is 9.51. The van der Waals surface area contributed by atoms with Gasteiger partial charge in [0.15, 0.2) is 5.82 Å². The molecule has 0 aromatic carbocycles. The molecule has 0 aliphatic carbocycles. The second-order valence-electron chi connectivity index (χ2n) is 3.50. The van der Waals surface area contributed by atoms with Gasteiger partial charge < -0.3 is 9.84 Å². The molecule has 1 N–H and O–H groups in total. The van der Waals surface area contributed by atoms with E-state index in [1.807, 2.05) is 6.92 Å². The molecule has 0 aliphatic heterocycles. The van der Waals surface area contributed by atoms with Crippen LogP contribution in [-0.2, 0) is 0 Å². The summed E-state index contributed by atoms with van der Waals surface area (Å²) in [5.74, 6) is 1.73. The molecular formula is C10H12ClN5O. The molecular weight excluding hydrogens is 242 g/mol. The first-order chi connectivity index (χ1) is 8.19. The molecule has 2 rings (SSSR count). The standard InChI is InChI=1S/C10H12ClN5O/c1-3-7(10-13-6(2)17-16-10)14-9-5-12-4-8(11)15-9/h4-5,7H,3H2,1-2H3,(H,14,15). The van der Waals surface area contributed by atoms with Crippen LogP contribution in [0, 0.1) is 6.92 Å². The molecule has 0 saturated carbocycles. The van der Waals surface area contributed by atoms with Crippen LogP contribution in [-0.4, -0.2) is 20.1 Å². The predicted octanol–water partition coefficient (Wildman–Crippen LogP) is 2.38. The van der Waals surface area contributed by atoms with Crippen LogP contribution in [0.25, 0.3) is 0 Å². The molecule has 17 heavy (non-hydrogen) atoms. The zero-order valence-corrected chi connectivity index (χ0v) is 10.3. The number of nitrogens with one attached hydrogen (secondary N) is 1. The molecule has 1 unspecified atom stereocenters. The Kier molecular flexibility index (Phi) is 3.53. The highest BCUT2D eigenvalue weighted by molar-refractivity contribution is 6.29. The van der Waals surface area contributed by atoms with Crippen LogP contribution >= 0.6 is 11.6 Å². The van der Waals surface area contributed by atoms with Crippen molar-refractivity contribution >= 4 is 17.4 Å². The third-order valence-electron chi connectivity index (χ3n) is 2.19. The van der Waals surface area contributed by atoms with Gasteiger partial charge in [0, 0.05) is 6.92 Å². The van der Waals surface area contributed by atoms with E-state index < -0.39 is 0 Å². The second-order valence-corrected chi connectivity index (χ2v) is 3.89. The number of hydrogen-bond acceptors (Lipinski definition) is 6. The van der Waals surface area contributed by atoms with Crippen LogP contribution in [0.15, 0.2) is 16.9 Å². The van der Waals surface area contributed by atoms with Gasteiger partial charge in [0.1, 0.15) is 11.0 Å². The Morgan fingerprint density at radius 1 is 1.41 bits per heavy atom. The van der Waals surface area contributed by atoms with Gasteiger partial charge in [0.25, 0.3) is 0 Å². The van der Waals surface area contributed by atoms with E-state index in [0.29, 0.717) is 22.7 Å². The van der Waals surface area contributed by atoms with Gasteiger partial charge in [-0.1, -0.05) is 23.7 Å².